The number of nitrogens with one attached hydrogen (secondary N) is 2. The summed E-state index contributed by atoms with van der Waals surface area (Å²) >= 11 is 0. The highest BCUT2D eigenvalue weighted by atomic mass is 16.5. The Morgan fingerprint density at radius 3 is 2.25 bits per heavy atom. The van der Waals surface area contributed by atoms with Gasteiger partial charge in [-0.3, -0.25) is 38.9 Å². The van der Waals surface area contributed by atoms with E-state index >= 15 is 0 Å². The second-order valence-electron chi connectivity index (χ2n) is 17.5. The van der Waals surface area contributed by atoms with Crippen molar-refractivity contribution in [2.75, 3.05) is 31.3 Å². The monoisotopic (exact) mass is 880 g/mol. The molecule has 1 aromatic heterocycles. The van der Waals surface area contributed by atoms with Crippen LogP contribution in [0.15, 0.2) is 65.5 Å². The van der Waals surface area contributed by atoms with Crippen LogP contribution in [0.25, 0.3) is 11.0 Å². The highest BCUT2D eigenvalue weighted by Crippen LogP contribution is 2.39. The number of carbonyl (C=O) groups excluding carboxylic acids is 4. The predicted octanol–water partition coefficient (Wildman–Crippen LogP) is 4.44. The third-order valence-electron chi connectivity index (χ3n) is 12.9. The van der Waals surface area contributed by atoms with Gasteiger partial charge in [0, 0.05) is 58.8 Å². The Kier molecular flexibility index (Phi) is 16.2. The fourth-order valence-corrected chi connectivity index (χ4v) is 9.31. The van der Waals surface area contributed by atoms with Crippen LogP contribution < -0.4 is 27.0 Å². The normalized spacial score (nSPS) is 18.8. The van der Waals surface area contributed by atoms with Crippen molar-refractivity contribution in [2.45, 2.75) is 134 Å². The van der Waals surface area contributed by atoms with E-state index in [1.54, 1.807) is 16.5 Å². The molecule has 4 aromatic rings. The van der Waals surface area contributed by atoms with Crippen LogP contribution in [0.1, 0.15) is 105 Å². The average molecular weight is 881 g/mol. The smallest absolute Gasteiger partial charge is 0.329 e. The number of nitrogens with zero attached hydrogens (tertiary/aromatic N) is 3. The summed E-state index contributed by atoms with van der Waals surface area (Å²) in [5.74, 6) is -1.13. The van der Waals surface area contributed by atoms with Crippen LogP contribution in [-0.4, -0.2) is 88.7 Å². The van der Waals surface area contributed by atoms with Crippen LogP contribution in [0.3, 0.4) is 0 Å². The summed E-state index contributed by atoms with van der Waals surface area (Å²) in [6.45, 7) is 4.97. The molecule has 3 aromatic carbocycles. The lowest BCUT2D eigenvalue weighted by molar-refractivity contribution is -0.135. The van der Waals surface area contributed by atoms with E-state index in [0.717, 1.165) is 84.8 Å². The summed E-state index contributed by atoms with van der Waals surface area (Å²) in [5.41, 5.74) is 13.2. The molecule has 0 spiro atoms. The summed E-state index contributed by atoms with van der Waals surface area (Å²) in [6, 6.07) is 18.8. The number of aliphatic hydroxyl groups excluding tert-OH is 1. The van der Waals surface area contributed by atoms with Crippen LogP contribution in [0.2, 0.25) is 0 Å². The number of ether oxygens (including phenoxy) is 3. The van der Waals surface area contributed by atoms with E-state index in [1.165, 1.54) is 10.1 Å². The Labute approximate surface area is 374 Å². The zero-order valence-corrected chi connectivity index (χ0v) is 37.2. The van der Waals surface area contributed by atoms with Crippen LogP contribution in [0.4, 0.5) is 5.69 Å². The molecule has 2 unspecified atom stereocenters. The molecule has 15 heteroatoms. The van der Waals surface area contributed by atoms with Gasteiger partial charge in [0.05, 0.1) is 35.5 Å². The number of imidazole rings is 1. The molecule has 3 aliphatic rings. The fourth-order valence-electron chi connectivity index (χ4n) is 9.31. The van der Waals surface area contributed by atoms with Crippen LogP contribution in [0, 0.1) is 0 Å². The van der Waals surface area contributed by atoms with Gasteiger partial charge in [0.2, 0.25) is 23.6 Å². The Morgan fingerprint density at radius 1 is 0.859 bits per heavy atom. The van der Waals surface area contributed by atoms with E-state index in [1.807, 2.05) is 37.3 Å². The second kappa shape index (κ2) is 22.1. The summed E-state index contributed by atoms with van der Waals surface area (Å²) in [6.07, 6.45) is 7.63. The Hall–Kier alpha value is -5.19. The quantitative estimate of drug-likeness (QED) is 0.0444. The number of primary amides is 1. The van der Waals surface area contributed by atoms with Gasteiger partial charge in [-0.05, 0) is 118 Å². The Morgan fingerprint density at radius 2 is 1.53 bits per heavy atom. The van der Waals surface area contributed by atoms with E-state index in [-0.39, 0.29) is 42.5 Å². The largest absolute Gasteiger partial charge is 0.381 e. The summed E-state index contributed by atoms with van der Waals surface area (Å²) in [7, 11) is 1.70. The molecule has 344 valence electrons. The third-order valence-corrected chi connectivity index (χ3v) is 12.9. The number of fused-ring (bicyclic) bond motifs is 1. The number of benzene rings is 3. The molecule has 0 aliphatic carbocycles. The van der Waals surface area contributed by atoms with Gasteiger partial charge in [0.1, 0.15) is 12.3 Å². The average Bonchev–Trinajstić information content (AvgIpc) is 3.73. The van der Waals surface area contributed by atoms with Crippen molar-refractivity contribution in [3.63, 3.8) is 0 Å². The zero-order chi connectivity index (χ0) is 45.2. The van der Waals surface area contributed by atoms with Gasteiger partial charge in [-0.2, -0.15) is 0 Å². The van der Waals surface area contributed by atoms with E-state index in [2.05, 4.69) is 41.0 Å². The van der Waals surface area contributed by atoms with Crippen molar-refractivity contribution < 1.29 is 38.5 Å². The molecule has 0 bridgehead atoms. The first-order valence-electron chi connectivity index (χ1n) is 23.0. The van der Waals surface area contributed by atoms with E-state index < -0.39 is 30.1 Å². The number of nitrogens with two attached hydrogens (primary N) is 1. The maximum absolute atomic E-state index is 13.2. The molecular formula is C49H64N6O9. The number of para-hydroxylation sites is 1. The third kappa shape index (κ3) is 11.5. The molecule has 5 atom stereocenters. The number of amides is 4. The van der Waals surface area contributed by atoms with Crippen molar-refractivity contribution in [1.29, 1.82) is 0 Å². The molecule has 15 nitrogen and oxygen atoms in total. The number of aryl methyl sites for hydroxylation is 4. The van der Waals surface area contributed by atoms with Crippen LogP contribution in [-0.2, 0) is 72.7 Å². The molecule has 0 radical (unpaired) electrons. The Bertz CT molecular complexity index is 2320. The van der Waals surface area contributed by atoms with Crippen molar-refractivity contribution in [3.05, 3.63) is 99.0 Å². The minimum absolute atomic E-state index is 0.0271. The van der Waals surface area contributed by atoms with Crippen molar-refractivity contribution in [1.82, 2.24) is 19.8 Å². The second-order valence-corrected chi connectivity index (χ2v) is 17.5. The number of carbonyl (C=O) groups is 4. The molecule has 64 heavy (non-hydrogen) atoms. The van der Waals surface area contributed by atoms with Gasteiger partial charge in [0.15, 0.2) is 0 Å². The van der Waals surface area contributed by atoms with Crippen LogP contribution >= 0.6 is 0 Å². The summed E-state index contributed by atoms with van der Waals surface area (Å²) in [4.78, 5) is 63.9. The van der Waals surface area contributed by atoms with Gasteiger partial charge >= 0.3 is 5.69 Å². The van der Waals surface area contributed by atoms with Crippen molar-refractivity contribution in [2.24, 2.45) is 12.8 Å². The maximum atomic E-state index is 13.2. The molecule has 3 aliphatic heterocycles. The maximum Gasteiger partial charge on any atom is 0.329 e. The number of piperidine rings is 1. The molecule has 4 amide bonds. The molecule has 1 saturated heterocycles. The molecule has 0 saturated carbocycles. The molecular weight excluding hydrogens is 817 g/mol. The number of imide groups is 1. The van der Waals surface area contributed by atoms with Crippen molar-refractivity contribution >= 4 is 40.3 Å². The minimum atomic E-state index is -1.02. The zero-order valence-electron chi connectivity index (χ0n) is 37.2. The highest BCUT2D eigenvalue weighted by Gasteiger charge is 2.41. The number of rotatable bonds is 24. The van der Waals surface area contributed by atoms with Crippen molar-refractivity contribution in [3.8, 4) is 0 Å². The van der Waals surface area contributed by atoms with Gasteiger partial charge in [-0.15, -0.1) is 0 Å². The minimum Gasteiger partial charge on any atom is -0.381 e. The fraction of sp³-hybridized carbons (Fsp3) is 0.531. The first-order chi connectivity index (χ1) is 31.0. The van der Waals surface area contributed by atoms with E-state index in [9.17, 15) is 29.1 Å². The van der Waals surface area contributed by atoms with Gasteiger partial charge in [0.25, 0.3) is 0 Å². The first kappa shape index (κ1) is 46.8. The SMILES string of the molecule is C[C@@H](OCc1ccc(CCCOCCCCOCCCc2ccc3c(c2)n(C)c(=O)n3C2CCC(=O)NC2=O)cc1)[C@H](CCC(N)=O)NC(O)[C@@H]1Cc2cccc3c2N1C(=O)CCC3. The van der Waals surface area contributed by atoms with E-state index in [4.69, 9.17) is 19.9 Å². The topological polar surface area (TPSA) is 196 Å². The lowest BCUT2D eigenvalue weighted by atomic mass is 10.0. The molecule has 7 rings (SSSR count). The summed E-state index contributed by atoms with van der Waals surface area (Å²) < 4.78 is 21.1. The number of hydrogen-bond acceptors (Lipinski definition) is 10. The van der Waals surface area contributed by atoms with Gasteiger partial charge < -0.3 is 30.0 Å². The van der Waals surface area contributed by atoms with E-state index in [0.29, 0.717) is 64.2 Å². The number of hydrogen-bond donors (Lipinski definition) is 4. The van der Waals surface area contributed by atoms with Gasteiger partial charge in [-0.1, -0.05) is 48.5 Å². The number of unbranched alkanes of at least 4 members (excludes halogenated alkanes) is 1. The lowest BCUT2D eigenvalue weighted by Crippen LogP contribution is -2.56. The molecule has 1 fully saturated rings. The number of aliphatic hydroxyl groups is 1. The number of aromatic nitrogens is 2. The van der Waals surface area contributed by atoms with Crippen LogP contribution in [0.5, 0.6) is 0 Å². The Balaban J connectivity index is 0.752. The predicted molar refractivity (Wildman–Crippen MR) is 243 cm³/mol. The standard InChI is InChI=1S/C49H64N6O9/c1-32(38(20-23-43(50)56)51-48(60)42-30-37-13-5-11-36-12-6-14-45(58)55(42)46(36)37)64-31-35-17-15-33(16-18-35)9-7-27-62-25-3-4-26-63-28-8-10-34-19-21-39-41(29-34)53(2)49(61)54(39)40-22-24-44(57)52-47(40)59/h5,11,13,15-19,21,29,32,38,40,42,48,51,60H,3-4,6-10,12,14,20,22-28,30-31H2,1-2H3,(H2,50,56)(H,52,57,59)/t32-,38+,40?,42+,48?/m1/s1. The molecule has 5 N–H and O–H groups in total. The lowest BCUT2D eigenvalue weighted by Gasteiger charge is -2.34. The summed E-state index contributed by atoms with van der Waals surface area (Å²) in [5, 5.41) is 17.2. The first-order valence-corrected chi connectivity index (χ1v) is 23.0. The number of anilines is 1. The highest BCUT2D eigenvalue weighted by molar-refractivity contribution is 6.00. The molecule has 4 heterocycles. The van der Waals surface area contributed by atoms with Gasteiger partial charge in [-0.25, -0.2) is 4.79 Å².